The average molecular weight is 434 g/mol. The summed E-state index contributed by atoms with van der Waals surface area (Å²) in [4.78, 5) is 7.22. The van der Waals surface area contributed by atoms with Gasteiger partial charge in [0.25, 0.3) is 0 Å². The van der Waals surface area contributed by atoms with Gasteiger partial charge in [0.1, 0.15) is 0 Å². The molecular formula is C16H31IN6. The average Bonchev–Trinajstić information content (AvgIpc) is 2.91. The summed E-state index contributed by atoms with van der Waals surface area (Å²) < 4.78 is 1.87. The fourth-order valence-electron chi connectivity index (χ4n) is 2.79. The lowest BCUT2D eigenvalue weighted by Crippen LogP contribution is -2.49. The topological polar surface area (TPSA) is 57.5 Å². The molecule has 1 aliphatic heterocycles. The first-order valence-corrected chi connectivity index (χ1v) is 8.36. The van der Waals surface area contributed by atoms with E-state index in [0.29, 0.717) is 18.6 Å². The number of guanidine groups is 1. The summed E-state index contributed by atoms with van der Waals surface area (Å²) in [5.74, 6) is 0.909. The third kappa shape index (κ3) is 6.29. The number of hydrogen-bond acceptors (Lipinski definition) is 3. The summed E-state index contributed by atoms with van der Waals surface area (Å²) in [6.07, 6.45) is 4.16. The van der Waals surface area contributed by atoms with E-state index < -0.39 is 0 Å². The number of piperidine rings is 1. The van der Waals surface area contributed by atoms with Crippen molar-refractivity contribution >= 4 is 29.9 Å². The van der Waals surface area contributed by atoms with Gasteiger partial charge in [0, 0.05) is 45.0 Å². The van der Waals surface area contributed by atoms with Gasteiger partial charge in [-0.2, -0.15) is 5.10 Å². The Labute approximate surface area is 157 Å². The van der Waals surface area contributed by atoms with Crippen LogP contribution in [0.3, 0.4) is 0 Å². The first kappa shape index (κ1) is 20.2. The summed E-state index contributed by atoms with van der Waals surface area (Å²) in [5, 5.41) is 11.1. The van der Waals surface area contributed by atoms with Gasteiger partial charge in [-0.05, 0) is 39.7 Å². The molecular weight excluding hydrogens is 403 g/mol. The minimum Gasteiger partial charge on any atom is -0.357 e. The highest BCUT2D eigenvalue weighted by Crippen LogP contribution is 2.12. The Kier molecular flexibility index (Phi) is 8.90. The van der Waals surface area contributed by atoms with E-state index in [0.717, 1.165) is 31.3 Å². The van der Waals surface area contributed by atoms with Crippen LogP contribution < -0.4 is 10.6 Å². The van der Waals surface area contributed by atoms with Crippen molar-refractivity contribution in [2.75, 3.05) is 19.6 Å². The van der Waals surface area contributed by atoms with Crippen molar-refractivity contribution in [1.82, 2.24) is 25.3 Å². The molecule has 6 nitrogen and oxygen atoms in total. The zero-order valence-electron chi connectivity index (χ0n) is 14.7. The van der Waals surface area contributed by atoms with Crippen LogP contribution in [-0.4, -0.2) is 52.4 Å². The van der Waals surface area contributed by atoms with Gasteiger partial charge in [-0.3, -0.25) is 4.68 Å². The van der Waals surface area contributed by atoms with E-state index in [2.05, 4.69) is 46.4 Å². The summed E-state index contributed by atoms with van der Waals surface area (Å²) in [5.41, 5.74) is 1.12. The van der Waals surface area contributed by atoms with Crippen molar-refractivity contribution in [1.29, 1.82) is 0 Å². The molecule has 0 unspecified atom stereocenters. The van der Waals surface area contributed by atoms with E-state index in [1.807, 2.05) is 24.0 Å². The van der Waals surface area contributed by atoms with E-state index in [-0.39, 0.29) is 24.0 Å². The molecule has 1 aromatic heterocycles. The van der Waals surface area contributed by atoms with Crippen LogP contribution in [0.4, 0.5) is 0 Å². The highest BCUT2D eigenvalue weighted by molar-refractivity contribution is 14.0. The molecule has 1 fully saturated rings. The minimum atomic E-state index is 0. The van der Waals surface area contributed by atoms with Crippen LogP contribution >= 0.6 is 24.0 Å². The van der Waals surface area contributed by atoms with Crippen molar-refractivity contribution in [2.24, 2.45) is 12.0 Å². The van der Waals surface area contributed by atoms with Gasteiger partial charge in [-0.15, -0.1) is 24.0 Å². The molecule has 0 amide bonds. The smallest absolute Gasteiger partial charge is 0.191 e. The fourth-order valence-corrected chi connectivity index (χ4v) is 2.79. The maximum atomic E-state index is 4.68. The fraction of sp³-hybridized carbons (Fsp3) is 0.750. The largest absolute Gasteiger partial charge is 0.357 e. The number of likely N-dealkylation sites (tertiary alicyclic amines) is 1. The molecule has 2 rings (SSSR count). The van der Waals surface area contributed by atoms with Gasteiger partial charge < -0.3 is 15.5 Å². The lowest BCUT2D eigenvalue weighted by molar-refractivity contribution is 0.167. The van der Waals surface area contributed by atoms with Gasteiger partial charge in [0.05, 0.1) is 12.2 Å². The number of nitrogens with one attached hydrogen (secondary N) is 2. The van der Waals surface area contributed by atoms with E-state index in [1.165, 1.54) is 12.8 Å². The first-order valence-electron chi connectivity index (χ1n) is 8.36. The van der Waals surface area contributed by atoms with Crippen LogP contribution in [0.2, 0.25) is 0 Å². The van der Waals surface area contributed by atoms with Crippen LogP contribution in [0.25, 0.3) is 0 Å². The second-order valence-corrected chi connectivity index (χ2v) is 6.19. The zero-order valence-corrected chi connectivity index (χ0v) is 17.1. The SMILES string of the molecule is CCNC(=NCc1ccnn1C)NC1CCN(C(C)C)CC1.I. The molecule has 2 N–H and O–H groups in total. The predicted molar refractivity (Wildman–Crippen MR) is 106 cm³/mol. The zero-order chi connectivity index (χ0) is 15.9. The van der Waals surface area contributed by atoms with Crippen molar-refractivity contribution in [3.05, 3.63) is 18.0 Å². The molecule has 0 aliphatic carbocycles. The maximum Gasteiger partial charge on any atom is 0.191 e. The van der Waals surface area contributed by atoms with Gasteiger partial charge in [0.2, 0.25) is 0 Å². The third-order valence-electron chi connectivity index (χ3n) is 4.27. The lowest BCUT2D eigenvalue weighted by atomic mass is 10.0. The maximum absolute atomic E-state index is 4.68. The van der Waals surface area contributed by atoms with Crippen molar-refractivity contribution in [3.8, 4) is 0 Å². The number of hydrogen-bond donors (Lipinski definition) is 2. The molecule has 0 spiro atoms. The minimum absolute atomic E-state index is 0. The van der Waals surface area contributed by atoms with E-state index >= 15 is 0 Å². The Bertz CT molecular complexity index is 477. The molecule has 1 aliphatic rings. The van der Waals surface area contributed by atoms with Crippen LogP contribution in [0, 0.1) is 0 Å². The molecule has 7 heteroatoms. The first-order chi connectivity index (χ1) is 10.6. The van der Waals surface area contributed by atoms with Crippen molar-refractivity contribution in [3.63, 3.8) is 0 Å². The highest BCUT2D eigenvalue weighted by atomic mass is 127. The third-order valence-corrected chi connectivity index (χ3v) is 4.27. The molecule has 0 radical (unpaired) electrons. The monoisotopic (exact) mass is 434 g/mol. The summed E-state index contributed by atoms with van der Waals surface area (Å²) in [6.45, 7) is 10.5. The Morgan fingerprint density at radius 3 is 2.61 bits per heavy atom. The normalized spacial score (nSPS) is 17.2. The Hall–Kier alpha value is -0.830. The van der Waals surface area contributed by atoms with Crippen molar-refractivity contribution < 1.29 is 0 Å². The molecule has 2 heterocycles. The summed E-state index contributed by atoms with van der Waals surface area (Å²) >= 11 is 0. The van der Waals surface area contributed by atoms with E-state index in [1.54, 1.807) is 0 Å². The van der Waals surface area contributed by atoms with Crippen LogP contribution in [0.15, 0.2) is 17.3 Å². The number of halogens is 1. The molecule has 132 valence electrons. The number of aromatic nitrogens is 2. The molecule has 23 heavy (non-hydrogen) atoms. The van der Waals surface area contributed by atoms with Gasteiger partial charge in [0.15, 0.2) is 5.96 Å². The van der Waals surface area contributed by atoms with E-state index in [4.69, 9.17) is 0 Å². The Morgan fingerprint density at radius 2 is 2.09 bits per heavy atom. The summed E-state index contributed by atoms with van der Waals surface area (Å²) in [7, 11) is 1.95. The molecule has 0 saturated carbocycles. The van der Waals surface area contributed by atoms with Gasteiger partial charge in [-0.1, -0.05) is 0 Å². The lowest BCUT2D eigenvalue weighted by Gasteiger charge is -2.35. The second-order valence-electron chi connectivity index (χ2n) is 6.19. The van der Waals surface area contributed by atoms with Crippen LogP contribution in [0.1, 0.15) is 39.3 Å². The molecule has 0 aromatic carbocycles. The predicted octanol–water partition coefficient (Wildman–Crippen LogP) is 1.97. The molecule has 0 bridgehead atoms. The van der Waals surface area contributed by atoms with Crippen molar-refractivity contribution in [2.45, 2.75) is 52.2 Å². The standard InChI is InChI=1S/C16H30N6.HI/c1-5-17-16(18-12-15-6-9-19-21(15)4)20-14-7-10-22(11-8-14)13(2)3;/h6,9,13-14H,5,7-8,10-12H2,1-4H3,(H2,17,18,20);1H. The van der Waals surface area contributed by atoms with Gasteiger partial charge in [-0.25, -0.2) is 4.99 Å². The second kappa shape index (κ2) is 10.1. The molecule has 0 atom stereocenters. The van der Waals surface area contributed by atoms with E-state index in [9.17, 15) is 0 Å². The number of rotatable bonds is 5. The molecule has 1 aromatic rings. The summed E-state index contributed by atoms with van der Waals surface area (Å²) in [6, 6.07) is 3.17. The Balaban J connectivity index is 0.00000264. The number of aryl methyl sites for hydroxylation is 1. The van der Waals surface area contributed by atoms with Crippen LogP contribution in [0.5, 0.6) is 0 Å². The quantitative estimate of drug-likeness (QED) is 0.423. The van der Waals surface area contributed by atoms with Gasteiger partial charge >= 0.3 is 0 Å². The number of aliphatic imine (C=N–C) groups is 1. The highest BCUT2D eigenvalue weighted by Gasteiger charge is 2.21. The Morgan fingerprint density at radius 1 is 1.39 bits per heavy atom. The molecule has 1 saturated heterocycles. The number of nitrogens with zero attached hydrogens (tertiary/aromatic N) is 4. The van der Waals surface area contributed by atoms with Crippen LogP contribution in [-0.2, 0) is 13.6 Å².